The minimum Gasteiger partial charge on any atom is -0.497 e. The molecule has 2 rings (SSSR count). The highest BCUT2D eigenvalue weighted by Gasteiger charge is 2.06. The van der Waals surface area contributed by atoms with E-state index < -0.39 is 6.09 Å². The highest BCUT2D eigenvalue weighted by atomic mass is 35.5. The summed E-state index contributed by atoms with van der Waals surface area (Å²) in [4.78, 5) is 11.6. The van der Waals surface area contributed by atoms with Gasteiger partial charge in [-0.2, -0.15) is 0 Å². The van der Waals surface area contributed by atoms with Crippen molar-refractivity contribution in [2.24, 2.45) is 0 Å². The molecular formula is C15H14ClNO3. The summed E-state index contributed by atoms with van der Waals surface area (Å²) in [7, 11) is 1.60. The molecule has 0 saturated carbocycles. The van der Waals surface area contributed by atoms with Crippen LogP contribution in [0.25, 0.3) is 0 Å². The molecule has 2 aromatic carbocycles. The smallest absolute Gasteiger partial charge is 0.412 e. The average molecular weight is 292 g/mol. The van der Waals surface area contributed by atoms with Gasteiger partial charge in [-0.05, 0) is 29.8 Å². The van der Waals surface area contributed by atoms with Crippen molar-refractivity contribution in [2.75, 3.05) is 12.4 Å². The van der Waals surface area contributed by atoms with Crippen LogP contribution in [0.3, 0.4) is 0 Å². The first-order valence-corrected chi connectivity index (χ1v) is 6.38. The lowest BCUT2D eigenvalue weighted by molar-refractivity contribution is 0.155. The van der Waals surface area contributed by atoms with Gasteiger partial charge in [-0.1, -0.05) is 35.9 Å². The summed E-state index contributed by atoms with van der Waals surface area (Å²) in [6, 6.07) is 14.3. The van der Waals surface area contributed by atoms with Crippen molar-refractivity contribution in [1.82, 2.24) is 0 Å². The summed E-state index contributed by atoms with van der Waals surface area (Å²) in [5.74, 6) is 0.759. The second-order valence-corrected chi connectivity index (χ2v) is 4.44. The Bertz CT molecular complexity index is 584. The maximum atomic E-state index is 11.6. The van der Waals surface area contributed by atoms with Gasteiger partial charge in [0.1, 0.15) is 12.4 Å². The van der Waals surface area contributed by atoms with E-state index in [2.05, 4.69) is 5.32 Å². The van der Waals surface area contributed by atoms with Gasteiger partial charge < -0.3 is 9.47 Å². The summed E-state index contributed by atoms with van der Waals surface area (Å²) in [6.07, 6.45) is -0.547. The summed E-state index contributed by atoms with van der Waals surface area (Å²) in [5, 5.41) is 3.05. The van der Waals surface area contributed by atoms with Crippen LogP contribution in [-0.4, -0.2) is 13.2 Å². The molecule has 0 fully saturated rings. The molecule has 20 heavy (non-hydrogen) atoms. The average Bonchev–Trinajstić information content (AvgIpc) is 2.48. The van der Waals surface area contributed by atoms with Crippen molar-refractivity contribution in [3.8, 4) is 5.75 Å². The topological polar surface area (TPSA) is 47.6 Å². The number of halogens is 1. The van der Waals surface area contributed by atoms with Crippen molar-refractivity contribution < 1.29 is 14.3 Å². The van der Waals surface area contributed by atoms with E-state index in [4.69, 9.17) is 21.1 Å². The number of benzene rings is 2. The van der Waals surface area contributed by atoms with E-state index in [1.165, 1.54) is 0 Å². The zero-order valence-corrected chi connectivity index (χ0v) is 11.7. The number of anilines is 1. The Morgan fingerprint density at radius 2 is 1.85 bits per heavy atom. The van der Waals surface area contributed by atoms with Crippen LogP contribution in [0.2, 0.25) is 5.02 Å². The number of methoxy groups -OCH3 is 1. The molecule has 0 aromatic heterocycles. The van der Waals surface area contributed by atoms with Gasteiger partial charge in [-0.25, -0.2) is 4.79 Å². The van der Waals surface area contributed by atoms with Crippen molar-refractivity contribution in [3.63, 3.8) is 0 Å². The third-order valence-electron chi connectivity index (χ3n) is 2.64. The zero-order valence-electron chi connectivity index (χ0n) is 10.9. The number of para-hydroxylation sites is 1. The fourth-order valence-electron chi connectivity index (χ4n) is 1.58. The molecule has 0 saturated heterocycles. The Kier molecular flexibility index (Phi) is 4.85. The predicted octanol–water partition coefficient (Wildman–Crippen LogP) is 4.10. The van der Waals surface area contributed by atoms with Gasteiger partial charge in [-0.15, -0.1) is 0 Å². The molecule has 0 unspecified atom stereocenters. The number of nitrogens with one attached hydrogen (secondary N) is 1. The first-order chi connectivity index (χ1) is 9.69. The van der Waals surface area contributed by atoms with Crippen molar-refractivity contribution >= 4 is 23.4 Å². The van der Waals surface area contributed by atoms with Gasteiger partial charge in [0.05, 0.1) is 17.8 Å². The molecule has 0 aliphatic heterocycles. The fourth-order valence-corrected chi connectivity index (χ4v) is 1.76. The number of ether oxygens (including phenoxy) is 2. The number of carbonyl (C=O) groups is 1. The third-order valence-corrected chi connectivity index (χ3v) is 2.97. The second-order valence-electron chi connectivity index (χ2n) is 4.03. The van der Waals surface area contributed by atoms with Gasteiger partial charge in [0.25, 0.3) is 0 Å². The van der Waals surface area contributed by atoms with Crippen LogP contribution in [0.1, 0.15) is 5.56 Å². The minimum atomic E-state index is -0.547. The maximum Gasteiger partial charge on any atom is 0.412 e. The normalized spacial score (nSPS) is 9.90. The van der Waals surface area contributed by atoms with Crippen LogP contribution in [0.15, 0.2) is 48.5 Å². The van der Waals surface area contributed by atoms with Crippen LogP contribution in [0.4, 0.5) is 10.5 Å². The van der Waals surface area contributed by atoms with Crippen molar-refractivity contribution in [1.29, 1.82) is 0 Å². The molecule has 5 heteroatoms. The molecule has 0 heterocycles. The number of carbonyl (C=O) groups excluding carboxylic acids is 1. The molecule has 0 aliphatic carbocycles. The molecule has 0 atom stereocenters. The van der Waals surface area contributed by atoms with Crippen LogP contribution in [0, 0.1) is 0 Å². The lowest BCUT2D eigenvalue weighted by atomic mass is 10.2. The molecule has 0 bridgehead atoms. The number of rotatable bonds is 4. The maximum absolute atomic E-state index is 11.6. The van der Waals surface area contributed by atoms with E-state index in [0.29, 0.717) is 10.7 Å². The van der Waals surface area contributed by atoms with Crippen molar-refractivity contribution in [2.45, 2.75) is 6.61 Å². The summed E-state index contributed by atoms with van der Waals surface area (Å²) in [5.41, 5.74) is 1.40. The van der Waals surface area contributed by atoms with Crippen LogP contribution >= 0.6 is 11.6 Å². The Morgan fingerprint density at radius 1 is 1.15 bits per heavy atom. The van der Waals surface area contributed by atoms with Gasteiger partial charge in [-0.3, -0.25) is 5.32 Å². The van der Waals surface area contributed by atoms with E-state index in [-0.39, 0.29) is 6.61 Å². The molecule has 0 radical (unpaired) electrons. The monoisotopic (exact) mass is 291 g/mol. The van der Waals surface area contributed by atoms with Gasteiger partial charge >= 0.3 is 6.09 Å². The number of hydrogen-bond acceptors (Lipinski definition) is 3. The fraction of sp³-hybridized carbons (Fsp3) is 0.133. The van der Waals surface area contributed by atoms with E-state index in [1.807, 2.05) is 24.3 Å². The first-order valence-electron chi connectivity index (χ1n) is 6.00. The van der Waals surface area contributed by atoms with Crippen LogP contribution in [0.5, 0.6) is 5.75 Å². The standard InChI is InChI=1S/C15H14ClNO3/c1-19-12-8-6-11(7-9-12)10-20-15(18)17-14-5-3-2-4-13(14)16/h2-9H,10H2,1H3,(H,17,18). The van der Waals surface area contributed by atoms with E-state index in [9.17, 15) is 4.79 Å². The Balaban J connectivity index is 1.87. The SMILES string of the molecule is COc1ccc(COC(=O)Nc2ccccc2Cl)cc1. The van der Waals surface area contributed by atoms with Crippen LogP contribution < -0.4 is 10.1 Å². The highest BCUT2D eigenvalue weighted by Crippen LogP contribution is 2.20. The highest BCUT2D eigenvalue weighted by molar-refractivity contribution is 6.33. The van der Waals surface area contributed by atoms with Gasteiger partial charge in [0.2, 0.25) is 0 Å². The quantitative estimate of drug-likeness (QED) is 0.922. The Hall–Kier alpha value is -2.20. The molecule has 0 aliphatic rings. The summed E-state index contributed by atoms with van der Waals surface area (Å²) in [6.45, 7) is 0.181. The molecule has 4 nitrogen and oxygen atoms in total. The lowest BCUT2D eigenvalue weighted by Gasteiger charge is -2.08. The molecular weight excluding hydrogens is 278 g/mol. The second kappa shape index (κ2) is 6.82. The molecule has 1 amide bonds. The molecule has 0 spiro atoms. The number of hydrogen-bond donors (Lipinski definition) is 1. The largest absolute Gasteiger partial charge is 0.497 e. The first kappa shape index (κ1) is 14.2. The summed E-state index contributed by atoms with van der Waals surface area (Å²) >= 11 is 5.93. The van der Waals surface area contributed by atoms with Gasteiger partial charge in [0, 0.05) is 0 Å². The van der Waals surface area contributed by atoms with E-state index >= 15 is 0 Å². The van der Waals surface area contributed by atoms with Crippen molar-refractivity contribution in [3.05, 3.63) is 59.1 Å². The molecule has 1 N–H and O–H groups in total. The molecule has 2 aromatic rings. The Labute approximate surface area is 122 Å². The van der Waals surface area contributed by atoms with Gasteiger partial charge in [0.15, 0.2) is 0 Å². The zero-order chi connectivity index (χ0) is 14.4. The molecule has 104 valence electrons. The predicted molar refractivity (Wildman–Crippen MR) is 78.3 cm³/mol. The Morgan fingerprint density at radius 3 is 2.50 bits per heavy atom. The summed E-state index contributed by atoms with van der Waals surface area (Å²) < 4.78 is 10.2. The third kappa shape index (κ3) is 3.90. The van der Waals surface area contributed by atoms with E-state index in [0.717, 1.165) is 11.3 Å². The van der Waals surface area contributed by atoms with Crippen LogP contribution in [-0.2, 0) is 11.3 Å². The minimum absolute atomic E-state index is 0.181. The lowest BCUT2D eigenvalue weighted by Crippen LogP contribution is -2.13. The number of amides is 1. The van der Waals surface area contributed by atoms with E-state index in [1.54, 1.807) is 31.4 Å².